The van der Waals surface area contributed by atoms with Crippen molar-refractivity contribution < 1.29 is 9.53 Å². The average Bonchev–Trinajstić information content (AvgIpc) is 2.46. The van der Waals surface area contributed by atoms with E-state index < -0.39 is 0 Å². The summed E-state index contributed by atoms with van der Waals surface area (Å²) in [6, 6.07) is 4.81. The summed E-state index contributed by atoms with van der Waals surface area (Å²) in [5.41, 5.74) is 1.50. The lowest BCUT2D eigenvalue weighted by Gasteiger charge is -2.08. The molecule has 0 bridgehead atoms. The molecule has 0 spiro atoms. The Morgan fingerprint density at radius 3 is 2.76 bits per heavy atom. The summed E-state index contributed by atoms with van der Waals surface area (Å²) in [5, 5.41) is 3.55. The molecule has 110 valence electrons. The molecular formula is C14H13Cl2N3O2. The lowest BCUT2D eigenvalue weighted by Crippen LogP contribution is -2.28. The van der Waals surface area contributed by atoms with Crippen molar-refractivity contribution in [1.82, 2.24) is 15.3 Å². The van der Waals surface area contributed by atoms with Crippen LogP contribution in [0.25, 0.3) is 0 Å². The van der Waals surface area contributed by atoms with Crippen molar-refractivity contribution in [2.75, 3.05) is 6.61 Å². The Morgan fingerprint density at radius 2 is 2.10 bits per heavy atom. The van der Waals surface area contributed by atoms with Crippen molar-refractivity contribution in [2.45, 2.75) is 13.5 Å². The number of rotatable bonds is 5. The van der Waals surface area contributed by atoms with Crippen LogP contribution in [0.3, 0.4) is 0 Å². The number of carbonyl (C=O) groups is 1. The van der Waals surface area contributed by atoms with Gasteiger partial charge in [-0.05, 0) is 25.1 Å². The number of nitrogens with zero attached hydrogens (tertiary/aromatic N) is 2. The molecule has 0 atom stereocenters. The second-order valence-electron chi connectivity index (χ2n) is 4.29. The van der Waals surface area contributed by atoms with E-state index in [0.29, 0.717) is 28.0 Å². The topological polar surface area (TPSA) is 64.1 Å². The fraction of sp³-hybridized carbons (Fsp3) is 0.214. The van der Waals surface area contributed by atoms with Crippen LogP contribution in [0.4, 0.5) is 0 Å². The standard InChI is InChI=1S/C14H13Cl2N3O2/c1-9-5-18-11(6-17-9)7-19-14(20)8-21-13-3-2-10(15)4-12(13)16/h2-6H,7-8H2,1H3,(H,19,20). The van der Waals surface area contributed by atoms with E-state index >= 15 is 0 Å². The maximum atomic E-state index is 11.7. The van der Waals surface area contributed by atoms with Crippen LogP contribution in [0, 0.1) is 6.92 Å². The Labute approximate surface area is 132 Å². The zero-order valence-corrected chi connectivity index (χ0v) is 12.8. The van der Waals surface area contributed by atoms with Gasteiger partial charge in [-0.2, -0.15) is 0 Å². The number of aryl methyl sites for hydroxylation is 1. The SMILES string of the molecule is Cc1cnc(CNC(=O)COc2ccc(Cl)cc2Cl)cn1. The normalized spacial score (nSPS) is 10.2. The molecule has 1 heterocycles. The summed E-state index contributed by atoms with van der Waals surface area (Å²) in [4.78, 5) is 19.9. The third kappa shape index (κ3) is 4.88. The van der Waals surface area contributed by atoms with Gasteiger partial charge >= 0.3 is 0 Å². The van der Waals surface area contributed by atoms with E-state index in [1.165, 1.54) is 0 Å². The number of nitrogens with one attached hydrogen (secondary N) is 1. The van der Waals surface area contributed by atoms with E-state index in [9.17, 15) is 4.79 Å². The van der Waals surface area contributed by atoms with E-state index in [2.05, 4.69) is 15.3 Å². The van der Waals surface area contributed by atoms with Gasteiger partial charge in [0.15, 0.2) is 6.61 Å². The number of benzene rings is 1. The second-order valence-corrected chi connectivity index (χ2v) is 5.13. The number of hydrogen-bond donors (Lipinski definition) is 1. The van der Waals surface area contributed by atoms with Crippen LogP contribution in [0.1, 0.15) is 11.4 Å². The smallest absolute Gasteiger partial charge is 0.258 e. The molecule has 1 aromatic heterocycles. The van der Waals surface area contributed by atoms with Crippen LogP contribution in [0.5, 0.6) is 5.75 Å². The molecule has 21 heavy (non-hydrogen) atoms. The minimum Gasteiger partial charge on any atom is -0.482 e. The van der Waals surface area contributed by atoms with Gasteiger partial charge in [0.2, 0.25) is 0 Å². The van der Waals surface area contributed by atoms with Gasteiger partial charge in [0, 0.05) is 11.2 Å². The number of halogens is 2. The lowest BCUT2D eigenvalue weighted by atomic mass is 10.3. The fourth-order valence-corrected chi connectivity index (χ4v) is 1.95. The lowest BCUT2D eigenvalue weighted by molar-refractivity contribution is -0.123. The van der Waals surface area contributed by atoms with Gasteiger partial charge in [-0.1, -0.05) is 23.2 Å². The van der Waals surface area contributed by atoms with Crippen LogP contribution >= 0.6 is 23.2 Å². The molecule has 0 aliphatic heterocycles. The molecule has 2 rings (SSSR count). The van der Waals surface area contributed by atoms with E-state index in [-0.39, 0.29) is 12.5 Å². The molecule has 0 fully saturated rings. The molecular weight excluding hydrogens is 313 g/mol. The first-order valence-electron chi connectivity index (χ1n) is 6.16. The second kappa shape index (κ2) is 7.24. The van der Waals surface area contributed by atoms with Crippen LogP contribution < -0.4 is 10.1 Å². The van der Waals surface area contributed by atoms with Crippen molar-refractivity contribution in [1.29, 1.82) is 0 Å². The first kappa shape index (κ1) is 15.5. The third-order valence-electron chi connectivity index (χ3n) is 2.55. The van der Waals surface area contributed by atoms with Crippen molar-refractivity contribution in [3.8, 4) is 5.75 Å². The number of ether oxygens (including phenoxy) is 1. The molecule has 1 amide bonds. The van der Waals surface area contributed by atoms with Crippen LogP contribution in [0.15, 0.2) is 30.6 Å². The summed E-state index contributed by atoms with van der Waals surface area (Å²) >= 11 is 11.7. The van der Waals surface area contributed by atoms with Crippen LogP contribution in [0.2, 0.25) is 10.0 Å². The van der Waals surface area contributed by atoms with Gasteiger partial charge in [-0.3, -0.25) is 14.8 Å². The van der Waals surface area contributed by atoms with E-state index in [1.54, 1.807) is 30.6 Å². The van der Waals surface area contributed by atoms with Gasteiger partial charge in [0.25, 0.3) is 5.91 Å². The molecule has 0 saturated carbocycles. The van der Waals surface area contributed by atoms with E-state index in [1.807, 2.05) is 6.92 Å². The highest BCUT2D eigenvalue weighted by atomic mass is 35.5. The Kier molecular flexibility index (Phi) is 5.36. The monoisotopic (exact) mass is 325 g/mol. The average molecular weight is 326 g/mol. The molecule has 0 aliphatic carbocycles. The first-order valence-corrected chi connectivity index (χ1v) is 6.92. The largest absolute Gasteiger partial charge is 0.482 e. The highest BCUT2D eigenvalue weighted by molar-refractivity contribution is 6.35. The highest BCUT2D eigenvalue weighted by Gasteiger charge is 2.07. The predicted molar refractivity (Wildman–Crippen MR) is 80.6 cm³/mol. The third-order valence-corrected chi connectivity index (χ3v) is 3.08. The summed E-state index contributed by atoms with van der Waals surface area (Å²) in [6.45, 7) is 2.00. The van der Waals surface area contributed by atoms with Crippen molar-refractivity contribution in [2.24, 2.45) is 0 Å². The van der Waals surface area contributed by atoms with Crippen LogP contribution in [-0.2, 0) is 11.3 Å². The Morgan fingerprint density at radius 1 is 1.29 bits per heavy atom. The van der Waals surface area contributed by atoms with Crippen molar-refractivity contribution in [3.63, 3.8) is 0 Å². The molecule has 0 aliphatic rings. The van der Waals surface area contributed by atoms with E-state index in [0.717, 1.165) is 5.69 Å². The molecule has 5 nitrogen and oxygen atoms in total. The van der Waals surface area contributed by atoms with Crippen molar-refractivity contribution >= 4 is 29.1 Å². The number of carbonyl (C=O) groups excluding carboxylic acids is 1. The van der Waals surface area contributed by atoms with Gasteiger partial charge in [0.05, 0.1) is 29.2 Å². The molecule has 7 heteroatoms. The van der Waals surface area contributed by atoms with Gasteiger partial charge < -0.3 is 10.1 Å². The molecule has 2 aromatic rings. The maximum Gasteiger partial charge on any atom is 0.258 e. The fourth-order valence-electron chi connectivity index (χ4n) is 1.49. The minimum atomic E-state index is -0.275. The van der Waals surface area contributed by atoms with Gasteiger partial charge in [-0.25, -0.2) is 0 Å². The maximum absolute atomic E-state index is 11.7. The Hall–Kier alpha value is -1.85. The molecule has 1 aromatic carbocycles. The zero-order valence-electron chi connectivity index (χ0n) is 11.3. The Balaban J connectivity index is 1.80. The summed E-state index contributed by atoms with van der Waals surface area (Å²) in [6.07, 6.45) is 3.26. The summed E-state index contributed by atoms with van der Waals surface area (Å²) < 4.78 is 5.32. The quantitative estimate of drug-likeness (QED) is 0.918. The summed E-state index contributed by atoms with van der Waals surface area (Å²) in [7, 11) is 0. The number of amides is 1. The molecule has 0 radical (unpaired) electrons. The molecule has 0 unspecified atom stereocenters. The highest BCUT2D eigenvalue weighted by Crippen LogP contribution is 2.27. The molecule has 1 N–H and O–H groups in total. The zero-order chi connectivity index (χ0) is 15.2. The first-order chi connectivity index (χ1) is 10.0. The predicted octanol–water partition coefficient (Wildman–Crippen LogP) is 2.79. The number of aromatic nitrogens is 2. The van der Waals surface area contributed by atoms with Gasteiger partial charge in [-0.15, -0.1) is 0 Å². The minimum absolute atomic E-state index is 0.138. The van der Waals surface area contributed by atoms with E-state index in [4.69, 9.17) is 27.9 Å². The Bertz CT molecular complexity index is 633. The summed E-state index contributed by atoms with van der Waals surface area (Å²) in [5.74, 6) is 0.134. The van der Waals surface area contributed by atoms with Gasteiger partial charge in [0.1, 0.15) is 5.75 Å². The molecule has 0 saturated heterocycles. The number of hydrogen-bond acceptors (Lipinski definition) is 4. The van der Waals surface area contributed by atoms with Crippen LogP contribution in [-0.4, -0.2) is 22.5 Å². The van der Waals surface area contributed by atoms with Crippen molar-refractivity contribution in [3.05, 3.63) is 52.0 Å².